The van der Waals surface area contributed by atoms with Crippen molar-refractivity contribution in [2.24, 2.45) is 0 Å². The number of carbonyl (C=O) groups excluding carboxylic acids is 1. The summed E-state index contributed by atoms with van der Waals surface area (Å²) in [7, 11) is 0. The average Bonchev–Trinajstić information content (AvgIpc) is 2.58. The number of rotatable bonds is 8. The largest absolute Gasteiger partial charge is 0.466 e. The van der Waals surface area contributed by atoms with Crippen molar-refractivity contribution < 1.29 is 9.53 Å². The van der Waals surface area contributed by atoms with E-state index in [2.05, 4.69) is 36.1 Å². The molecule has 0 unspecified atom stereocenters. The van der Waals surface area contributed by atoms with Crippen LogP contribution in [0.25, 0.3) is 0 Å². The van der Waals surface area contributed by atoms with Crippen molar-refractivity contribution in [2.75, 3.05) is 19.7 Å². The number of unbranched alkanes of at least 4 members (excludes halogenated alkanes) is 2. The molecule has 1 aliphatic rings. The van der Waals surface area contributed by atoms with Gasteiger partial charge in [0.15, 0.2) is 0 Å². The Labute approximate surface area is 134 Å². The minimum Gasteiger partial charge on any atom is -0.466 e. The molecule has 0 spiro atoms. The van der Waals surface area contributed by atoms with Crippen LogP contribution in [0.3, 0.4) is 0 Å². The standard InChI is InChI=1S/C19H29NO2/c1-2-3-10-15-22-19(21)16-18(17-11-6-4-7-12-17)20-13-8-5-9-14-20/h4,6-7,11-12,18H,2-3,5,8-10,13-16H2,1H3/t18-/m1/s1. The predicted molar refractivity (Wildman–Crippen MR) is 89.7 cm³/mol. The summed E-state index contributed by atoms with van der Waals surface area (Å²) in [6, 6.07) is 10.6. The lowest BCUT2D eigenvalue weighted by Crippen LogP contribution is -2.35. The third-order valence-electron chi connectivity index (χ3n) is 4.39. The van der Waals surface area contributed by atoms with Crippen molar-refractivity contribution in [3.05, 3.63) is 35.9 Å². The van der Waals surface area contributed by atoms with Crippen LogP contribution in [0, 0.1) is 0 Å². The van der Waals surface area contributed by atoms with Gasteiger partial charge in [0.05, 0.1) is 13.0 Å². The first-order valence-corrected chi connectivity index (χ1v) is 8.76. The second kappa shape index (κ2) is 9.62. The van der Waals surface area contributed by atoms with Gasteiger partial charge in [0.2, 0.25) is 0 Å². The summed E-state index contributed by atoms with van der Waals surface area (Å²) in [6.07, 6.45) is 7.49. The fraction of sp³-hybridized carbons (Fsp3) is 0.632. The molecular formula is C19H29NO2. The first kappa shape index (κ1) is 17.0. The van der Waals surface area contributed by atoms with Crippen LogP contribution in [-0.4, -0.2) is 30.6 Å². The summed E-state index contributed by atoms with van der Waals surface area (Å²) in [5.41, 5.74) is 1.23. The van der Waals surface area contributed by atoms with Gasteiger partial charge in [-0.05, 0) is 37.9 Å². The third-order valence-corrected chi connectivity index (χ3v) is 4.39. The second-order valence-electron chi connectivity index (χ2n) is 6.15. The maximum atomic E-state index is 12.2. The van der Waals surface area contributed by atoms with Gasteiger partial charge in [-0.3, -0.25) is 9.69 Å². The van der Waals surface area contributed by atoms with E-state index in [0.717, 1.165) is 32.4 Å². The highest BCUT2D eigenvalue weighted by molar-refractivity contribution is 5.70. The summed E-state index contributed by atoms with van der Waals surface area (Å²) < 4.78 is 5.42. The van der Waals surface area contributed by atoms with Crippen molar-refractivity contribution in [2.45, 2.75) is 57.9 Å². The van der Waals surface area contributed by atoms with Crippen LogP contribution in [0.1, 0.15) is 63.5 Å². The summed E-state index contributed by atoms with van der Waals surface area (Å²) in [6.45, 7) is 4.89. The van der Waals surface area contributed by atoms with E-state index in [1.807, 2.05) is 6.07 Å². The SMILES string of the molecule is CCCCCOC(=O)C[C@H](c1ccccc1)N1CCCCC1. The first-order chi connectivity index (χ1) is 10.8. The number of carbonyl (C=O) groups is 1. The molecule has 2 rings (SSSR count). The smallest absolute Gasteiger partial charge is 0.307 e. The molecule has 0 bridgehead atoms. The molecule has 122 valence electrons. The Balaban J connectivity index is 1.94. The minimum atomic E-state index is -0.0597. The topological polar surface area (TPSA) is 29.5 Å². The summed E-state index contributed by atoms with van der Waals surface area (Å²) >= 11 is 0. The zero-order valence-electron chi connectivity index (χ0n) is 13.8. The molecule has 0 aromatic heterocycles. The van der Waals surface area contributed by atoms with E-state index in [9.17, 15) is 4.79 Å². The van der Waals surface area contributed by atoms with E-state index < -0.39 is 0 Å². The van der Waals surface area contributed by atoms with Crippen LogP contribution in [-0.2, 0) is 9.53 Å². The molecule has 1 aromatic rings. The van der Waals surface area contributed by atoms with Gasteiger partial charge in [-0.2, -0.15) is 0 Å². The molecule has 0 N–H and O–H groups in total. The molecule has 0 aliphatic carbocycles. The first-order valence-electron chi connectivity index (χ1n) is 8.76. The Morgan fingerprint density at radius 3 is 2.55 bits per heavy atom. The summed E-state index contributed by atoms with van der Waals surface area (Å²) in [5.74, 6) is -0.0597. The number of esters is 1. The van der Waals surface area contributed by atoms with E-state index in [1.54, 1.807) is 0 Å². The molecule has 0 radical (unpaired) electrons. The second-order valence-corrected chi connectivity index (χ2v) is 6.15. The van der Waals surface area contributed by atoms with Crippen LogP contribution in [0.4, 0.5) is 0 Å². The lowest BCUT2D eigenvalue weighted by molar-refractivity contribution is -0.145. The van der Waals surface area contributed by atoms with Gasteiger partial charge < -0.3 is 4.74 Å². The predicted octanol–water partition coefficient (Wildman–Crippen LogP) is 4.34. The Hall–Kier alpha value is -1.35. The number of piperidine rings is 1. The van der Waals surface area contributed by atoms with E-state index >= 15 is 0 Å². The molecule has 1 fully saturated rings. The van der Waals surface area contributed by atoms with Crippen molar-refractivity contribution in [1.29, 1.82) is 0 Å². The van der Waals surface area contributed by atoms with Gasteiger partial charge >= 0.3 is 5.97 Å². The third kappa shape index (κ3) is 5.45. The van der Waals surface area contributed by atoms with Gasteiger partial charge in [-0.15, -0.1) is 0 Å². The molecule has 0 amide bonds. The van der Waals surface area contributed by atoms with E-state index in [4.69, 9.17) is 4.74 Å². The zero-order chi connectivity index (χ0) is 15.6. The van der Waals surface area contributed by atoms with Crippen molar-refractivity contribution >= 4 is 5.97 Å². The van der Waals surface area contributed by atoms with Crippen LogP contribution in [0.2, 0.25) is 0 Å². The number of hydrogen-bond acceptors (Lipinski definition) is 3. The highest BCUT2D eigenvalue weighted by Crippen LogP contribution is 2.27. The zero-order valence-corrected chi connectivity index (χ0v) is 13.8. The molecule has 1 aliphatic heterocycles. The molecular weight excluding hydrogens is 274 g/mol. The normalized spacial score (nSPS) is 17.1. The van der Waals surface area contributed by atoms with Crippen molar-refractivity contribution in [3.63, 3.8) is 0 Å². The Bertz CT molecular complexity index is 426. The quantitative estimate of drug-likeness (QED) is 0.528. The molecule has 22 heavy (non-hydrogen) atoms. The Morgan fingerprint density at radius 2 is 1.86 bits per heavy atom. The average molecular weight is 303 g/mol. The monoisotopic (exact) mass is 303 g/mol. The fourth-order valence-electron chi connectivity index (χ4n) is 3.12. The van der Waals surface area contributed by atoms with E-state index in [0.29, 0.717) is 13.0 Å². The number of benzene rings is 1. The minimum absolute atomic E-state index is 0.0597. The molecule has 0 saturated carbocycles. The summed E-state index contributed by atoms with van der Waals surface area (Å²) in [4.78, 5) is 14.6. The lowest BCUT2D eigenvalue weighted by atomic mass is 9.99. The lowest BCUT2D eigenvalue weighted by Gasteiger charge is -2.34. The number of ether oxygens (including phenoxy) is 1. The molecule has 3 nitrogen and oxygen atoms in total. The van der Waals surface area contributed by atoms with Crippen LogP contribution in [0.15, 0.2) is 30.3 Å². The molecule has 1 aromatic carbocycles. The Kier molecular flexibility index (Phi) is 7.44. The highest BCUT2D eigenvalue weighted by Gasteiger charge is 2.25. The van der Waals surface area contributed by atoms with Gasteiger partial charge in [0.25, 0.3) is 0 Å². The van der Waals surface area contributed by atoms with Crippen molar-refractivity contribution in [3.8, 4) is 0 Å². The maximum Gasteiger partial charge on any atom is 0.307 e. The van der Waals surface area contributed by atoms with Gasteiger partial charge in [0.1, 0.15) is 0 Å². The molecule has 1 atom stereocenters. The summed E-state index contributed by atoms with van der Waals surface area (Å²) in [5, 5.41) is 0. The number of hydrogen-bond donors (Lipinski definition) is 0. The number of likely N-dealkylation sites (tertiary alicyclic amines) is 1. The van der Waals surface area contributed by atoms with Gasteiger partial charge in [0, 0.05) is 6.04 Å². The molecule has 1 saturated heterocycles. The van der Waals surface area contributed by atoms with Crippen LogP contribution < -0.4 is 0 Å². The fourth-order valence-corrected chi connectivity index (χ4v) is 3.12. The maximum absolute atomic E-state index is 12.2. The van der Waals surface area contributed by atoms with Crippen LogP contribution >= 0.6 is 0 Å². The number of nitrogens with zero attached hydrogens (tertiary/aromatic N) is 1. The highest BCUT2D eigenvalue weighted by atomic mass is 16.5. The van der Waals surface area contributed by atoms with Crippen LogP contribution in [0.5, 0.6) is 0 Å². The Morgan fingerprint density at radius 1 is 1.14 bits per heavy atom. The molecule has 1 heterocycles. The van der Waals surface area contributed by atoms with Crippen molar-refractivity contribution in [1.82, 2.24) is 4.90 Å². The van der Waals surface area contributed by atoms with Gasteiger partial charge in [-0.25, -0.2) is 0 Å². The molecule has 3 heteroatoms. The van der Waals surface area contributed by atoms with E-state index in [-0.39, 0.29) is 12.0 Å². The van der Waals surface area contributed by atoms with Gasteiger partial charge in [-0.1, -0.05) is 56.5 Å². The van der Waals surface area contributed by atoms with E-state index in [1.165, 1.54) is 24.8 Å².